The third kappa shape index (κ3) is 5.54. The molecular formula is C29H32FN3O4S. The van der Waals surface area contributed by atoms with E-state index in [-0.39, 0.29) is 30.2 Å². The summed E-state index contributed by atoms with van der Waals surface area (Å²) < 4.78 is 24.8. The highest BCUT2D eigenvalue weighted by Gasteiger charge is 2.32. The Bertz CT molecular complexity index is 1290. The molecule has 0 spiro atoms. The molecule has 5 rings (SSSR count). The maximum absolute atomic E-state index is 14.1. The lowest BCUT2D eigenvalue weighted by Crippen LogP contribution is -2.45. The third-order valence-electron chi connectivity index (χ3n) is 7.30. The van der Waals surface area contributed by atoms with Gasteiger partial charge in [-0.15, -0.1) is 11.3 Å². The van der Waals surface area contributed by atoms with E-state index < -0.39 is 0 Å². The van der Waals surface area contributed by atoms with Gasteiger partial charge in [0.2, 0.25) is 5.91 Å². The minimum atomic E-state index is -0.276. The first kappa shape index (κ1) is 26.2. The molecule has 0 N–H and O–H groups in total. The highest BCUT2D eigenvalue weighted by Crippen LogP contribution is 2.37. The van der Waals surface area contributed by atoms with E-state index in [2.05, 4.69) is 16.3 Å². The molecular weight excluding hydrogens is 505 g/mol. The minimum Gasteiger partial charge on any atom is -0.497 e. The standard InChI is InChI=1S/C29H32FN3O4S/c1-36-23-16-21(17-24(18-23)37-2)29(35)32-10-4-9-31(12-13-32)27(34)19-33-11-7-26-25(8-14-38-26)28(33)20-5-3-6-22(30)15-20/h3,5-6,8,14-18,28H,4,7,9-13,19H2,1-2H3/t28-/m1/s1. The topological polar surface area (TPSA) is 62.3 Å². The lowest BCUT2D eigenvalue weighted by molar-refractivity contribution is -0.132. The fourth-order valence-corrected chi connectivity index (χ4v) is 6.27. The van der Waals surface area contributed by atoms with Crippen molar-refractivity contribution in [3.05, 3.63) is 81.3 Å². The summed E-state index contributed by atoms with van der Waals surface area (Å²) in [6.07, 6.45) is 1.57. The lowest BCUT2D eigenvalue weighted by Gasteiger charge is -2.37. The first-order chi connectivity index (χ1) is 18.5. The van der Waals surface area contributed by atoms with Gasteiger partial charge in [0.1, 0.15) is 17.3 Å². The van der Waals surface area contributed by atoms with Gasteiger partial charge in [0, 0.05) is 49.2 Å². The van der Waals surface area contributed by atoms with E-state index in [9.17, 15) is 14.0 Å². The van der Waals surface area contributed by atoms with Gasteiger partial charge in [0.05, 0.1) is 26.8 Å². The molecule has 3 aromatic rings. The quantitative estimate of drug-likeness (QED) is 0.471. The second kappa shape index (κ2) is 11.5. The smallest absolute Gasteiger partial charge is 0.254 e. The highest BCUT2D eigenvalue weighted by atomic mass is 32.1. The van der Waals surface area contributed by atoms with E-state index in [1.54, 1.807) is 60.8 Å². The molecule has 1 aromatic heterocycles. The fourth-order valence-electron chi connectivity index (χ4n) is 5.36. The molecule has 200 valence electrons. The Morgan fingerprint density at radius 1 is 0.947 bits per heavy atom. The van der Waals surface area contributed by atoms with Crippen molar-refractivity contribution in [3.63, 3.8) is 0 Å². The molecule has 0 radical (unpaired) electrons. The van der Waals surface area contributed by atoms with Crippen LogP contribution in [0.4, 0.5) is 4.39 Å². The molecule has 0 aliphatic carbocycles. The van der Waals surface area contributed by atoms with Crippen LogP contribution in [0.1, 0.15) is 38.8 Å². The molecule has 0 unspecified atom stereocenters. The van der Waals surface area contributed by atoms with Gasteiger partial charge in [0.25, 0.3) is 5.91 Å². The average Bonchev–Trinajstić information content (AvgIpc) is 3.27. The number of rotatable bonds is 6. The van der Waals surface area contributed by atoms with E-state index in [1.165, 1.54) is 10.9 Å². The number of carbonyl (C=O) groups is 2. The van der Waals surface area contributed by atoms with Gasteiger partial charge in [0.15, 0.2) is 0 Å². The highest BCUT2D eigenvalue weighted by molar-refractivity contribution is 7.10. The summed E-state index contributed by atoms with van der Waals surface area (Å²) in [7, 11) is 3.11. The fraction of sp³-hybridized carbons (Fsp3) is 0.379. The van der Waals surface area contributed by atoms with Gasteiger partial charge < -0.3 is 19.3 Å². The van der Waals surface area contributed by atoms with Crippen LogP contribution in [0.2, 0.25) is 0 Å². The number of ether oxygens (including phenoxy) is 2. The summed E-state index contributed by atoms with van der Waals surface area (Å²) in [5.74, 6) is 0.762. The number of halogens is 1. The number of hydrogen-bond acceptors (Lipinski definition) is 6. The van der Waals surface area contributed by atoms with Gasteiger partial charge in [-0.05, 0) is 59.7 Å². The van der Waals surface area contributed by atoms with E-state index in [0.29, 0.717) is 49.7 Å². The van der Waals surface area contributed by atoms with Crippen molar-refractivity contribution in [3.8, 4) is 11.5 Å². The number of thiophene rings is 1. The zero-order valence-corrected chi connectivity index (χ0v) is 22.5. The lowest BCUT2D eigenvalue weighted by atomic mass is 9.93. The molecule has 1 saturated heterocycles. The number of methoxy groups -OCH3 is 2. The molecule has 2 amide bonds. The summed E-state index contributed by atoms with van der Waals surface area (Å²) in [5.41, 5.74) is 2.51. The Morgan fingerprint density at radius 3 is 2.42 bits per heavy atom. The van der Waals surface area contributed by atoms with Crippen molar-refractivity contribution in [2.45, 2.75) is 18.9 Å². The summed E-state index contributed by atoms with van der Waals surface area (Å²) in [4.78, 5) is 33.9. The van der Waals surface area contributed by atoms with Crippen LogP contribution < -0.4 is 9.47 Å². The average molecular weight is 538 g/mol. The SMILES string of the molecule is COc1cc(OC)cc(C(=O)N2CCCN(C(=O)CN3CCc4sccc4[C@H]3c3cccc(F)c3)CC2)c1. The van der Waals surface area contributed by atoms with Crippen LogP contribution in [-0.2, 0) is 11.2 Å². The van der Waals surface area contributed by atoms with E-state index in [4.69, 9.17) is 9.47 Å². The Hall–Kier alpha value is -3.43. The van der Waals surface area contributed by atoms with E-state index in [1.807, 2.05) is 11.0 Å². The molecule has 2 aliphatic heterocycles. The van der Waals surface area contributed by atoms with Gasteiger partial charge in [-0.2, -0.15) is 0 Å². The van der Waals surface area contributed by atoms with Crippen LogP contribution in [0.15, 0.2) is 53.9 Å². The van der Waals surface area contributed by atoms with Crippen molar-refractivity contribution >= 4 is 23.2 Å². The Kier molecular flexibility index (Phi) is 7.95. The predicted molar refractivity (Wildman–Crippen MR) is 144 cm³/mol. The van der Waals surface area contributed by atoms with Crippen LogP contribution in [0.3, 0.4) is 0 Å². The maximum atomic E-state index is 14.1. The first-order valence-electron chi connectivity index (χ1n) is 12.8. The molecule has 2 aliphatic rings. The first-order valence-corrected chi connectivity index (χ1v) is 13.7. The van der Waals surface area contributed by atoms with Crippen LogP contribution >= 0.6 is 11.3 Å². The minimum absolute atomic E-state index is 0.0300. The van der Waals surface area contributed by atoms with E-state index >= 15 is 0 Å². The molecule has 0 bridgehead atoms. The second-order valence-electron chi connectivity index (χ2n) is 9.61. The predicted octanol–water partition coefficient (Wildman–Crippen LogP) is 4.23. The van der Waals surface area contributed by atoms with Crippen LogP contribution in [0.5, 0.6) is 11.5 Å². The summed E-state index contributed by atoms with van der Waals surface area (Å²) in [5, 5.41) is 2.07. The third-order valence-corrected chi connectivity index (χ3v) is 8.30. The molecule has 1 fully saturated rings. The van der Waals surface area contributed by atoms with Gasteiger partial charge in [-0.1, -0.05) is 12.1 Å². The van der Waals surface area contributed by atoms with Crippen molar-refractivity contribution in [1.29, 1.82) is 0 Å². The molecule has 9 heteroatoms. The van der Waals surface area contributed by atoms with Crippen molar-refractivity contribution < 1.29 is 23.5 Å². The summed E-state index contributed by atoms with van der Waals surface area (Å²) in [6.45, 7) is 3.05. The Morgan fingerprint density at radius 2 is 1.68 bits per heavy atom. The second-order valence-corrected chi connectivity index (χ2v) is 10.6. The molecule has 38 heavy (non-hydrogen) atoms. The Balaban J connectivity index is 1.27. The van der Waals surface area contributed by atoms with Gasteiger partial charge >= 0.3 is 0 Å². The molecule has 3 heterocycles. The molecule has 1 atom stereocenters. The van der Waals surface area contributed by atoms with Gasteiger partial charge in [-0.3, -0.25) is 14.5 Å². The number of fused-ring (bicyclic) bond motifs is 1. The van der Waals surface area contributed by atoms with Crippen LogP contribution in [0.25, 0.3) is 0 Å². The molecule has 7 nitrogen and oxygen atoms in total. The number of hydrogen-bond donors (Lipinski definition) is 0. The zero-order chi connectivity index (χ0) is 26.6. The summed E-state index contributed by atoms with van der Waals surface area (Å²) >= 11 is 1.72. The largest absolute Gasteiger partial charge is 0.497 e. The van der Waals surface area contributed by atoms with Crippen molar-refractivity contribution in [2.24, 2.45) is 0 Å². The van der Waals surface area contributed by atoms with Crippen LogP contribution in [-0.4, -0.2) is 80.0 Å². The number of benzene rings is 2. The van der Waals surface area contributed by atoms with Crippen molar-refractivity contribution in [1.82, 2.24) is 14.7 Å². The number of nitrogens with zero attached hydrogens (tertiary/aromatic N) is 3. The normalized spacial score (nSPS) is 18.0. The molecule has 2 aromatic carbocycles. The number of amides is 2. The van der Waals surface area contributed by atoms with Crippen LogP contribution in [0, 0.1) is 5.82 Å². The van der Waals surface area contributed by atoms with Gasteiger partial charge in [-0.25, -0.2) is 4.39 Å². The summed E-state index contributed by atoms with van der Waals surface area (Å²) in [6, 6.07) is 13.8. The zero-order valence-electron chi connectivity index (χ0n) is 21.7. The Labute approximate surface area is 226 Å². The monoisotopic (exact) mass is 537 g/mol. The number of carbonyl (C=O) groups excluding carboxylic acids is 2. The molecule has 0 saturated carbocycles. The van der Waals surface area contributed by atoms with Crippen molar-refractivity contribution in [2.75, 3.05) is 53.5 Å². The van der Waals surface area contributed by atoms with E-state index in [0.717, 1.165) is 24.1 Å². The maximum Gasteiger partial charge on any atom is 0.254 e.